The van der Waals surface area contributed by atoms with Gasteiger partial charge in [0, 0.05) is 12.1 Å². The third kappa shape index (κ3) is 3.31. The normalized spacial score (nSPS) is 16.0. The largest absolute Gasteiger partial charge is 0.299 e. The summed E-state index contributed by atoms with van der Waals surface area (Å²) in [6.45, 7) is 5.70. The van der Waals surface area contributed by atoms with Crippen LogP contribution in [0.3, 0.4) is 0 Å². The lowest BCUT2D eigenvalue weighted by atomic mass is 10.1. The van der Waals surface area contributed by atoms with E-state index >= 15 is 0 Å². The molecule has 2 aromatic carbocycles. The van der Waals surface area contributed by atoms with Crippen LogP contribution in [0.4, 0.5) is 0 Å². The van der Waals surface area contributed by atoms with Gasteiger partial charge in [-0.1, -0.05) is 36.8 Å². The summed E-state index contributed by atoms with van der Waals surface area (Å²) in [4.78, 5) is 7.37. The number of hydrogen-bond donors (Lipinski definition) is 0. The Kier molecular flexibility index (Phi) is 4.15. The Morgan fingerprint density at radius 2 is 1.78 bits per heavy atom. The van der Waals surface area contributed by atoms with E-state index in [0.29, 0.717) is 0 Å². The highest BCUT2D eigenvalue weighted by Crippen LogP contribution is 2.30. The zero-order valence-corrected chi connectivity index (χ0v) is 14.4. The topological polar surface area (TPSA) is 16.1 Å². The zero-order valence-electron chi connectivity index (χ0n) is 13.6. The summed E-state index contributed by atoms with van der Waals surface area (Å²) in [6, 6.07) is 15.5. The first-order chi connectivity index (χ1) is 11.3. The molecular weight excluding hydrogens is 300 g/mol. The van der Waals surface area contributed by atoms with Crippen molar-refractivity contribution >= 4 is 21.6 Å². The van der Waals surface area contributed by atoms with Gasteiger partial charge in [0.2, 0.25) is 0 Å². The minimum atomic E-state index is 1.08. The van der Waals surface area contributed by atoms with Gasteiger partial charge in [0.05, 0.1) is 10.2 Å². The van der Waals surface area contributed by atoms with Gasteiger partial charge in [-0.05, 0) is 56.1 Å². The molecule has 118 valence electrons. The Bertz CT molecular complexity index is 798. The fourth-order valence-corrected chi connectivity index (χ4v) is 4.24. The molecule has 3 heteroatoms. The minimum absolute atomic E-state index is 1.08. The predicted octanol–water partition coefficient (Wildman–Crippen LogP) is 5.26. The van der Waals surface area contributed by atoms with Crippen molar-refractivity contribution in [1.29, 1.82) is 0 Å². The van der Waals surface area contributed by atoms with Crippen molar-refractivity contribution in [1.82, 2.24) is 9.88 Å². The van der Waals surface area contributed by atoms with Gasteiger partial charge in [0.25, 0.3) is 0 Å². The highest BCUT2D eigenvalue weighted by molar-refractivity contribution is 7.21. The molecule has 0 N–H and O–H groups in total. The molecule has 4 rings (SSSR count). The van der Waals surface area contributed by atoms with Gasteiger partial charge < -0.3 is 0 Å². The Hall–Kier alpha value is -1.71. The maximum atomic E-state index is 4.80. The van der Waals surface area contributed by atoms with Crippen LogP contribution in [0.25, 0.3) is 20.8 Å². The van der Waals surface area contributed by atoms with Crippen molar-refractivity contribution in [2.75, 3.05) is 13.1 Å². The number of fused-ring (bicyclic) bond motifs is 1. The number of piperidine rings is 1. The highest BCUT2D eigenvalue weighted by Gasteiger charge is 2.11. The van der Waals surface area contributed by atoms with Gasteiger partial charge in [-0.2, -0.15) is 0 Å². The number of nitrogens with zero attached hydrogens (tertiary/aromatic N) is 2. The number of likely N-dealkylation sites (tertiary alicyclic amines) is 1. The summed E-state index contributed by atoms with van der Waals surface area (Å²) in [5.41, 5.74) is 5.02. The summed E-state index contributed by atoms with van der Waals surface area (Å²) < 4.78 is 1.27. The summed E-state index contributed by atoms with van der Waals surface area (Å²) >= 11 is 1.78. The number of aromatic nitrogens is 1. The van der Waals surface area contributed by atoms with Crippen LogP contribution in [-0.2, 0) is 6.54 Å². The van der Waals surface area contributed by atoms with Crippen LogP contribution >= 0.6 is 11.3 Å². The van der Waals surface area contributed by atoms with Crippen LogP contribution in [0.2, 0.25) is 0 Å². The number of rotatable bonds is 3. The standard InChI is InChI=1S/C20H22N2S/c1-15-5-10-19-18(13-15)21-20(23-19)17-8-6-16(7-9-17)14-22-11-3-2-4-12-22/h5-10,13H,2-4,11-12,14H2,1H3. The minimum Gasteiger partial charge on any atom is -0.299 e. The lowest BCUT2D eigenvalue weighted by molar-refractivity contribution is 0.221. The summed E-state index contributed by atoms with van der Waals surface area (Å²) in [7, 11) is 0. The van der Waals surface area contributed by atoms with Gasteiger partial charge in [0.15, 0.2) is 0 Å². The van der Waals surface area contributed by atoms with Crippen molar-refractivity contribution in [3.05, 3.63) is 53.6 Å². The first-order valence-corrected chi connectivity index (χ1v) is 9.28. The lowest BCUT2D eigenvalue weighted by Crippen LogP contribution is -2.28. The molecule has 0 aliphatic carbocycles. The lowest BCUT2D eigenvalue weighted by Gasteiger charge is -2.26. The number of aryl methyl sites for hydroxylation is 1. The van der Waals surface area contributed by atoms with E-state index in [1.807, 2.05) is 0 Å². The molecule has 3 aromatic rings. The van der Waals surface area contributed by atoms with Gasteiger partial charge in [-0.25, -0.2) is 4.98 Å². The summed E-state index contributed by atoms with van der Waals surface area (Å²) in [6.07, 6.45) is 4.10. The number of thiazole rings is 1. The molecule has 0 atom stereocenters. The summed E-state index contributed by atoms with van der Waals surface area (Å²) in [5, 5.41) is 1.12. The van der Waals surface area contributed by atoms with Crippen molar-refractivity contribution in [3.63, 3.8) is 0 Å². The average molecular weight is 322 g/mol. The van der Waals surface area contributed by atoms with Crippen molar-refractivity contribution in [2.45, 2.75) is 32.7 Å². The van der Waals surface area contributed by atoms with Crippen LogP contribution in [-0.4, -0.2) is 23.0 Å². The molecule has 1 aromatic heterocycles. The molecule has 2 heterocycles. The maximum Gasteiger partial charge on any atom is 0.124 e. The Labute approximate surface area is 141 Å². The van der Waals surface area contributed by atoms with Gasteiger partial charge >= 0.3 is 0 Å². The second-order valence-electron chi connectivity index (χ2n) is 6.52. The molecule has 0 bridgehead atoms. The Balaban J connectivity index is 1.54. The maximum absolute atomic E-state index is 4.80. The van der Waals surface area contributed by atoms with Crippen LogP contribution in [0.5, 0.6) is 0 Å². The molecule has 0 spiro atoms. The average Bonchev–Trinajstić information content (AvgIpc) is 2.99. The van der Waals surface area contributed by atoms with E-state index in [0.717, 1.165) is 17.1 Å². The molecule has 1 aliphatic rings. The van der Waals surface area contributed by atoms with Gasteiger partial charge in [-0.15, -0.1) is 11.3 Å². The molecule has 2 nitrogen and oxygen atoms in total. The number of benzene rings is 2. The molecule has 23 heavy (non-hydrogen) atoms. The second-order valence-corrected chi connectivity index (χ2v) is 7.55. The third-order valence-electron chi connectivity index (χ3n) is 4.60. The molecule has 0 saturated carbocycles. The molecule has 1 aliphatic heterocycles. The van der Waals surface area contributed by atoms with E-state index in [-0.39, 0.29) is 0 Å². The molecule has 1 fully saturated rings. The van der Waals surface area contributed by atoms with Crippen molar-refractivity contribution in [3.8, 4) is 10.6 Å². The molecule has 0 radical (unpaired) electrons. The van der Waals surface area contributed by atoms with Crippen LogP contribution < -0.4 is 0 Å². The smallest absolute Gasteiger partial charge is 0.124 e. The van der Waals surface area contributed by atoms with Crippen LogP contribution in [0.1, 0.15) is 30.4 Å². The number of hydrogen-bond acceptors (Lipinski definition) is 3. The van der Waals surface area contributed by atoms with E-state index in [4.69, 9.17) is 4.98 Å². The van der Waals surface area contributed by atoms with Gasteiger partial charge in [-0.3, -0.25) is 4.90 Å². The quantitative estimate of drug-likeness (QED) is 0.654. The van der Waals surface area contributed by atoms with E-state index in [9.17, 15) is 0 Å². The Morgan fingerprint density at radius 3 is 2.57 bits per heavy atom. The first kappa shape index (κ1) is 14.9. The van der Waals surface area contributed by atoms with Crippen LogP contribution in [0.15, 0.2) is 42.5 Å². The Morgan fingerprint density at radius 1 is 1.00 bits per heavy atom. The first-order valence-electron chi connectivity index (χ1n) is 8.47. The molecule has 0 amide bonds. The molecular formula is C20H22N2S. The van der Waals surface area contributed by atoms with Crippen molar-refractivity contribution in [2.24, 2.45) is 0 Å². The fraction of sp³-hybridized carbons (Fsp3) is 0.350. The van der Waals surface area contributed by atoms with E-state index in [2.05, 4.69) is 54.3 Å². The zero-order chi connectivity index (χ0) is 15.6. The SMILES string of the molecule is Cc1ccc2sc(-c3ccc(CN4CCCCC4)cc3)nc2c1. The fourth-order valence-electron chi connectivity index (χ4n) is 3.29. The molecule has 1 saturated heterocycles. The van der Waals surface area contributed by atoms with E-state index in [1.54, 1.807) is 11.3 Å². The van der Waals surface area contributed by atoms with Crippen LogP contribution in [0, 0.1) is 6.92 Å². The van der Waals surface area contributed by atoms with Crippen molar-refractivity contribution < 1.29 is 0 Å². The van der Waals surface area contributed by atoms with E-state index in [1.165, 1.54) is 53.7 Å². The second kappa shape index (κ2) is 6.42. The highest BCUT2D eigenvalue weighted by atomic mass is 32.1. The van der Waals surface area contributed by atoms with Gasteiger partial charge in [0.1, 0.15) is 5.01 Å². The third-order valence-corrected chi connectivity index (χ3v) is 5.68. The molecule has 0 unspecified atom stereocenters. The summed E-state index contributed by atoms with van der Waals surface area (Å²) in [5.74, 6) is 0. The monoisotopic (exact) mass is 322 g/mol. The predicted molar refractivity (Wildman–Crippen MR) is 98.9 cm³/mol. The van der Waals surface area contributed by atoms with E-state index < -0.39 is 0 Å².